The van der Waals surface area contributed by atoms with Crippen LogP contribution in [0, 0.1) is 0 Å². The van der Waals surface area contributed by atoms with E-state index in [2.05, 4.69) is 307 Å². The molecule has 0 radical (unpaired) electrons. The zero-order chi connectivity index (χ0) is 58.5. The molecule has 80 heavy (non-hydrogen) atoms. The van der Waals surface area contributed by atoms with Crippen molar-refractivity contribution in [2.45, 2.75) is 12.3 Å². The third kappa shape index (κ3) is 22.1. The van der Waals surface area contributed by atoms with Gasteiger partial charge in [-0.1, -0.05) is 194 Å². The molecule has 0 heterocycles. The minimum Gasteiger partial charge on any atom is -0.0620 e. The molecule has 0 bridgehead atoms. The van der Waals surface area contributed by atoms with Gasteiger partial charge in [0.05, 0.1) is 12.3 Å². The summed E-state index contributed by atoms with van der Waals surface area (Å²) in [4.78, 5) is 0. The van der Waals surface area contributed by atoms with Crippen molar-refractivity contribution in [3.05, 3.63) is 278 Å². The van der Waals surface area contributed by atoms with Gasteiger partial charge >= 0.3 is 136 Å². The molecule has 420 valence electrons. The second kappa shape index (κ2) is 30.9. The van der Waals surface area contributed by atoms with Gasteiger partial charge < -0.3 is 0 Å². The molecule has 0 saturated carbocycles. The van der Waals surface area contributed by atoms with Crippen LogP contribution < -0.4 is 40.2 Å². The van der Waals surface area contributed by atoms with E-state index in [4.69, 9.17) is 47.4 Å². The van der Waals surface area contributed by atoms with Crippen molar-refractivity contribution in [2.24, 2.45) is 0 Å². The first-order valence-corrected chi connectivity index (χ1v) is 39.6. The molecule has 0 aliphatic heterocycles. The van der Waals surface area contributed by atoms with Crippen LogP contribution in [0.4, 0.5) is 0 Å². The van der Waals surface area contributed by atoms with E-state index in [-0.39, 0.29) is 0 Å². The topological polar surface area (TPSA) is 223 Å². The maximum atomic E-state index is 9.01. The number of fused-ring (bicyclic) bond motifs is 2. The van der Waals surface area contributed by atoms with Gasteiger partial charge in [-0.2, -0.15) is 0 Å². The van der Waals surface area contributed by atoms with Crippen LogP contribution >= 0.6 is 54.9 Å². The molecular formula is C58H50Cl4Mn4O12P2. The van der Waals surface area contributed by atoms with Crippen LogP contribution in [0.5, 0.6) is 0 Å². The van der Waals surface area contributed by atoms with Crippen molar-refractivity contribution in [1.82, 2.24) is 0 Å². The zero-order valence-electron chi connectivity index (χ0n) is 41.7. The van der Waals surface area contributed by atoms with Crippen molar-refractivity contribution in [2.75, 3.05) is 0 Å². The maximum absolute atomic E-state index is 9.01. The van der Waals surface area contributed by atoms with Crippen molar-refractivity contribution in [3.63, 3.8) is 0 Å². The van der Waals surface area contributed by atoms with E-state index < -0.39 is 63.0 Å². The SMILES string of the molecule is [O]=[Mn](=[O])([O-])[Cl].[O]=[Mn](=[O])([O-])[Cl].[O]=[Mn](=[O])([OH])[Cl].[O]=[Mn](=[O])([OH])[Cl].c1ccc([P+](Cc2cccc3ccccc23)(c2ccccc2)c2ccccc2)cc1.c1ccc([P+](Cc2cccc3ccccc23)(c2ccccc2)c2ccccc2)cc1. The van der Waals surface area contributed by atoms with Gasteiger partial charge in [-0.3, -0.25) is 0 Å². The van der Waals surface area contributed by atoms with Gasteiger partial charge in [-0.25, -0.2) is 0 Å². The van der Waals surface area contributed by atoms with E-state index in [0.717, 1.165) is 12.3 Å². The summed E-state index contributed by atoms with van der Waals surface area (Å²) < 4.78 is 104. The van der Waals surface area contributed by atoms with E-state index in [9.17, 15) is 0 Å². The summed E-state index contributed by atoms with van der Waals surface area (Å²) in [5.41, 5.74) is 2.83. The number of benzene rings is 10. The largest absolute Gasteiger partial charge is 0.116 e. The Labute approximate surface area is 490 Å². The Kier molecular flexibility index (Phi) is 25.5. The molecule has 22 heteroatoms. The van der Waals surface area contributed by atoms with Gasteiger partial charge in [0.2, 0.25) is 0 Å². The summed E-state index contributed by atoms with van der Waals surface area (Å²) in [7, 11) is 12.5. The third-order valence-corrected chi connectivity index (χ3v) is 20.5. The predicted molar refractivity (Wildman–Crippen MR) is 299 cm³/mol. The molecule has 0 aliphatic carbocycles. The molecule has 0 atom stereocenters. The summed E-state index contributed by atoms with van der Waals surface area (Å²) in [6.07, 6.45) is 2.01. The van der Waals surface area contributed by atoms with Crippen molar-refractivity contribution in [1.29, 1.82) is 0 Å². The average Bonchev–Trinajstić information content (AvgIpc) is 3.42. The molecule has 2 N–H and O–H groups in total. The fourth-order valence-corrected chi connectivity index (χ4v) is 17.5. The van der Waals surface area contributed by atoms with Gasteiger partial charge in [-0.15, -0.1) is 0 Å². The number of halogens is 4. The Morgan fingerprint density at radius 1 is 0.287 bits per heavy atom. The van der Waals surface area contributed by atoms with E-state index in [1.165, 1.54) is 64.5 Å². The molecule has 10 aromatic rings. The molecule has 0 aliphatic rings. The van der Waals surface area contributed by atoms with Crippen molar-refractivity contribution < 1.29 is 95.9 Å². The van der Waals surface area contributed by atoms with Crippen LogP contribution in [0.15, 0.2) is 267 Å². The Hall–Kier alpha value is -4.94. The van der Waals surface area contributed by atoms with Crippen LogP contribution in [0.2, 0.25) is 0 Å². The van der Waals surface area contributed by atoms with E-state index in [1.54, 1.807) is 0 Å². The Morgan fingerprint density at radius 2 is 0.450 bits per heavy atom. The van der Waals surface area contributed by atoms with Crippen LogP contribution in [-0.4, -0.2) is 8.38 Å². The van der Waals surface area contributed by atoms with Gasteiger partial charge in [0.15, 0.2) is 0 Å². The first-order valence-electron chi connectivity index (χ1n) is 23.2. The summed E-state index contributed by atoms with van der Waals surface area (Å²) in [5, 5.41) is 13.9. The van der Waals surface area contributed by atoms with E-state index >= 15 is 0 Å². The van der Waals surface area contributed by atoms with Gasteiger partial charge in [0, 0.05) is 0 Å². The molecule has 10 rings (SSSR count). The molecule has 0 saturated heterocycles. The Morgan fingerprint density at radius 3 is 0.650 bits per heavy atom. The standard InChI is InChI=1S/2C29H24P.4ClH.4Mn.2H2O.10O/c2*1-4-16-26(17-5-1)30(27-18-6-2-7-19-27,28-20-8-3-9-21-28)23-25-15-12-14-24-13-10-11-22-29(24)25;;;;;;;;;;;;;;;;;;;;/h2*1-22H,23H2;4*1H;;;;;2*1H2;;;;;;;;;;/q2*+1;;;;;2*+1;2*+2;;;;;;;;;;;2*-1/p-6. The van der Waals surface area contributed by atoms with Crippen molar-refractivity contribution >= 4 is 108 Å². The van der Waals surface area contributed by atoms with Crippen molar-refractivity contribution in [3.8, 4) is 0 Å². The average molecular weight is 1360 g/mol. The zero-order valence-corrected chi connectivity index (χ0v) is 51.2. The molecule has 0 unspecified atom stereocenters. The summed E-state index contributed by atoms with van der Waals surface area (Å²) in [5.74, 6) is 0. The first kappa shape index (κ1) is 65.9. The van der Waals surface area contributed by atoms with E-state index in [1.807, 2.05) is 0 Å². The summed E-state index contributed by atoms with van der Waals surface area (Å²) in [6, 6.07) is 97.6. The van der Waals surface area contributed by atoms with Gasteiger partial charge in [-0.05, 0) is 105 Å². The molecule has 0 amide bonds. The van der Waals surface area contributed by atoms with Crippen LogP contribution in [-0.2, 0) is 91.5 Å². The Balaban J connectivity index is 0.000000220. The monoisotopic (exact) mass is 1360 g/mol. The molecule has 0 spiro atoms. The second-order valence-electron chi connectivity index (χ2n) is 16.7. The van der Waals surface area contributed by atoms with Crippen LogP contribution in [0.25, 0.3) is 21.5 Å². The fraction of sp³-hybridized carbons (Fsp3) is 0.0345. The second-order valence-corrected chi connectivity index (χ2v) is 34.2. The normalized spacial score (nSPS) is 11.5. The smallest absolute Gasteiger partial charge is 0.0620 e. The molecule has 10 aromatic carbocycles. The molecule has 0 fully saturated rings. The summed E-state index contributed by atoms with van der Waals surface area (Å²) >= 11 is -19.1. The van der Waals surface area contributed by atoms with Crippen LogP contribution in [0.1, 0.15) is 11.1 Å². The minimum absolute atomic E-state index is 1.01. The molecule has 0 aromatic heterocycles. The van der Waals surface area contributed by atoms with Gasteiger partial charge in [0.25, 0.3) is 0 Å². The first-order chi connectivity index (χ1) is 37.8. The fourth-order valence-electron chi connectivity index (χ4n) is 8.91. The van der Waals surface area contributed by atoms with Crippen LogP contribution in [0.3, 0.4) is 0 Å². The molecular weight excluding hydrogens is 1310 g/mol. The number of rotatable bonds is 10. The van der Waals surface area contributed by atoms with E-state index in [0.29, 0.717) is 0 Å². The quantitative estimate of drug-likeness (QED) is 0.0964. The Bertz CT molecular complexity index is 3440. The van der Waals surface area contributed by atoms with Gasteiger partial charge in [0.1, 0.15) is 46.4 Å². The molecule has 12 nitrogen and oxygen atoms in total. The predicted octanol–water partition coefficient (Wildman–Crippen LogP) is 11.0. The third-order valence-electron chi connectivity index (χ3n) is 11.8. The maximum Gasteiger partial charge on any atom is 0.116 e. The number of hydrogen-bond acceptors (Lipinski definition) is 10. The minimum atomic E-state index is -4.90. The number of hydrogen-bond donors (Lipinski definition) is 2. The summed E-state index contributed by atoms with van der Waals surface area (Å²) in [6.45, 7) is 0.